The third-order valence-corrected chi connectivity index (χ3v) is 5.39. The van der Waals surface area contributed by atoms with E-state index in [0.717, 1.165) is 6.07 Å². The predicted octanol–water partition coefficient (Wildman–Crippen LogP) is 3.71. The topological polar surface area (TPSA) is 98.5 Å². The number of benzene rings is 2. The average Bonchev–Trinajstić information content (AvgIpc) is 2.70. The molecule has 6 nitrogen and oxygen atoms in total. The lowest BCUT2D eigenvalue weighted by atomic mass is 9.90. The molecule has 1 fully saturated rings. The number of aliphatic hydroxyl groups excluding tert-OH is 2. The van der Waals surface area contributed by atoms with Crippen LogP contribution in [0.5, 0.6) is 5.75 Å². The second kappa shape index (κ2) is 7.73. The Morgan fingerprint density at radius 3 is 2.33 bits per heavy atom. The number of aliphatic hydroxyl groups is 2. The summed E-state index contributed by atoms with van der Waals surface area (Å²) < 4.78 is 38.7. The molecule has 158 valence electrons. The molecule has 4 N–H and O–H groups in total. The molecule has 30 heavy (non-hydrogen) atoms. The Balaban J connectivity index is 1.71. The molecule has 9 heteroatoms. The fraction of sp³-hybridized carbons (Fsp3) is 0.333. The number of anilines is 1. The van der Waals surface area contributed by atoms with Crippen LogP contribution in [0.3, 0.4) is 0 Å². The average molecular weight is 419 g/mol. The smallest absolute Gasteiger partial charge is 0.416 e. The van der Waals surface area contributed by atoms with Gasteiger partial charge in [-0.1, -0.05) is 24.3 Å². The molecule has 1 aliphatic carbocycles. The summed E-state index contributed by atoms with van der Waals surface area (Å²) in [6, 6.07) is 9.75. The van der Waals surface area contributed by atoms with E-state index >= 15 is 0 Å². The van der Waals surface area contributed by atoms with Gasteiger partial charge in [-0.25, -0.2) is 0 Å². The molecule has 0 aliphatic heterocycles. The van der Waals surface area contributed by atoms with Crippen LogP contribution in [-0.4, -0.2) is 43.8 Å². The lowest BCUT2D eigenvalue weighted by Crippen LogP contribution is -2.39. The van der Waals surface area contributed by atoms with E-state index in [1.807, 2.05) is 0 Å². The van der Waals surface area contributed by atoms with E-state index in [1.165, 1.54) is 6.07 Å². The largest absolute Gasteiger partial charge is 0.507 e. The van der Waals surface area contributed by atoms with Crippen LogP contribution in [0.2, 0.25) is 0 Å². The van der Waals surface area contributed by atoms with E-state index in [9.17, 15) is 28.5 Å². The third-order valence-electron chi connectivity index (χ3n) is 5.39. The van der Waals surface area contributed by atoms with Gasteiger partial charge >= 0.3 is 6.18 Å². The van der Waals surface area contributed by atoms with Crippen molar-refractivity contribution in [2.45, 2.75) is 43.7 Å². The second-order valence-corrected chi connectivity index (χ2v) is 7.46. The van der Waals surface area contributed by atoms with Gasteiger partial charge in [-0.15, -0.1) is 10.2 Å². The highest BCUT2D eigenvalue weighted by molar-refractivity contribution is 6.00. The highest BCUT2D eigenvalue weighted by Crippen LogP contribution is 2.39. The van der Waals surface area contributed by atoms with E-state index in [2.05, 4.69) is 15.5 Å². The van der Waals surface area contributed by atoms with E-state index in [-0.39, 0.29) is 17.3 Å². The minimum atomic E-state index is -4.56. The minimum Gasteiger partial charge on any atom is -0.507 e. The van der Waals surface area contributed by atoms with Crippen LogP contribution in [0, 0.1) is 0 Å². The Bertz CT molecular complexity index is 1070. The Labute approximate surface area is 170 Å². The van der Waals surface area contributed by atoms with Crippen molar-refractivity contribution in [1.82, 2.24) is 10.2 Å². The van der Waals surface area contributed by atoms with Gasteiger partial charge in [-0.05, 0) is 37.5 Å². The molecule has 4 rings (SSSR count). The lowest BCUT2D eigenvalue weighted by Gasteiger charge is -2.31. The summed E-state index contributed by atoms with van der Waals surface area (Å²) in [5.41, 5.74) is -0.534. The molecule has 1 aromatic heterocycles. The Morgan fingerprint density at radius 1 is 0.933 bits per heavy atom. The fourth-order valence-electron chi connectivity index (χ4n) is 3.77. The molecule has 0 bridgehead atoms. The number of phenols is 1. The van der Waals surface area contributed by atoms with Gasteiger partial charge in [0.2, 0.25) is 0 Å². The number of fused-ring (bicyclic) bond motifs is 1. The minimum absolute atomic E-state index is 0.105. The molecule has 3 atom stereocenters. The van der Waals surface area contributed by atoms with Crippen molar-refractivity contribution in [3.8, 4) is 17.0 Å². The third kappa shape index (κ3) is 3.90. The quantitative estimate of drug-likeness (QED) is 0.517. The summed E-state index contributed by atoms with van der Waals surface area (Å²) >= 11 is 0. The van der Waals surface area contributed by atoms with Crippen LogP contribution in [0.25, 0.3) is 22.0 Å². The lowest BCUT2D eigenvalue weighted by molar-refractivity contribution is -0.137. The second-order valence-electron chi connectivity index (χ2n) is 7.46. The van der Waals surface area contributed by atoms with Crippen molar-refractivity contribution in [3.63, 3.8) is 0 Å². The van der Waals surface area contributed by atoms with Gasteiger partial charge in [0, 0.05) is 22.4 Å². The SMILES string of the molecule is Oc1cc(C(F)(F)F)ccc1-c1nnc(N[C@H]2CC[C@@H](O)[C@@H](O)C2)c2ccccc12. The first-order valence-corrected chi connectivity index (χ1v) is 9.52. The standard InChI is InChI=1S/C21H20F3N3O3/c22-21(23,24)11-5-7-15(17(29)9-11)19-13-3-1-2-4-14(13)20(27-26-19)25-12-6-8-16(28)18(30)10-12/h1-5,7,9,12,16,18,28-30H,6,8,10H2,(H,25,27)/t12-,16+,18-/m0/s1. The summed E-state index contributed by atoms with van der Waals surface area (Å²) in [7, 11) is 0. The Morgan fingerprint density at radius 2 is 1.67 bits per heavy atom. The van der Waals surface area contributed by atoms with E-state index < -0.39 is 29.7 Å². The number of nitrogens with zero attached hydrogens (tertiary/aromatic N) is 2. The van der Waals surface area contributed by atoms with Gasteiger partial charge in [0.15, 0.2) is 5.82 Å². The number of aromatic hydroxyl groups is 1. The van der Waals surface area contributed by atoms with Crippen molar-refractivity contribution in [1.29, 1.82) is 0 Å². The normalized spacial score (nSPS) is 22.2. The highest BCUT2D eigenvalue weighted by atomic mass is 19.4. The molecular formula is C21H20F3N3O3. The molecule has 1 aliphatic rings. The number of halogens is 3. The monoisotopic (exact) mass is 419 g/mol. The van der Waals surface area contributed by atoms with Crippen LogP contribution in [-0.2, 0) is 6.18 Å². The number of phenolic OH excluding ortho intramolecular Hbond substituents is 1. The van der Waals surface area contributed by atoms with Gasteiger partial charge in [0.1, 0.15) is 11.4 Å². The zero-order valence-corrected chi connectivity index (χ0v) is 15.8. The maximum atomic E-state index is 12.9. The van der Waals surface area contributed by atoms with Crippen molar-refractivity contribution in [2.24, 2.45) is 0 Å². The van der Waals surface area contributed by atoms with Gasteiger partial charge in [-0.3, -0.25) is 0 Å². The van der Waals surface area contributed by atoms with Crippen LogP contribution >= 0.6 is 0 Å². The van der Waals surface area contributed by atoms with Crippen molar-refractivity contribution < 1.29 is 28.5 Å². The van der Waals surface area contributed by atoms with Gasteiger partial charge in [0.05, 0.1) is 17.8 Å². The molecule has 0 saturated heterocycles. The van der Waals surface area contributed by atoms with Crippen molar-refractivity contribution >= 4 is 16.6 Å². The maximum absolute atomic E-state index is 12.9. The van der Waals surface area contributed by atoms with Gasteiger partial charge in [-0.2, -0.15) is 13.2 Å². The number of hydrogen-bond donors (Lipinski definition) is 4. The van der Waals surface area contributed by atoms with E-state index in [0.29, 0.717) is 41.9 Å². The molecule has 0 spiro atoms. The zero-order chi connectivity index (χ0) is 21.5. The summed E-state index contributed by atoms with van der Waals surface area (Å²) in [5, 5.41) is 42.7. The zero-order valence-electron chi connectivity index (χ0n) is 15.8. The number of alkyl halides is 3. The number of rotatable bonds is 3. The van der Waals surface area contributed by atoms with E-state index in [1.54, 1.807) is 24.3 Å². The first kappa shape index (κ1) is 20.4. The van der Waals surface area contributed by atoms with Gasteiger partial charge < -0.3 is 20.6 Å². The first-order chi connectivity index (χ1) is 14.2. The first-order valence-electron chi connectivity index (χ1n) is 9.52. The molecule has 0 radical (unpaired) electrons. The highest BCUT2D eigenvalue weighted by Gasteiger charge is 2.32. The maximum Gasteiger partial charge on any atom is 0.416 e. The van der Waals surface area contributed by atoms with Crippen LogP contribution in [0.1, 0.15) is 24.8 Å². The van der Waals surface area contributed by atoms with Crippen molar-refractivity contribution in [2.75, 3.05) is 5.32 Å². The molecule has 0 unspecified atom stereocenters. The summed E-state index contributed by atoms with van der Waals surface area (Å²) in [5.74, 6) is -0.0660. The summed E-state index contributed by atoms with van der Waals surface area (Å²) in [4.78, 5) is 0. The summed E-state index contributed by atoms with van der Waals surface area (Å²) in [6.45, 7) is 0. The van der Waals surface area contributed by atoms with E-state index in [4.69, 9.17) is 0 Å². The molecule has 2 aromatic carbocycles. The molecular weight excluding hydrogens is 399 g/mol. The number of aromatic nitrogens is 2. The van der Waals surface area contributed by atoms with Crippen LogP contribution in [0.15, 0.2) is 42.5 Å². The van der Waals surface area contributed by atoms with Crippen LogP contribution < -0.4 is 5.32 Å². The number of nitrogens with one attached hydrogen (secondary N) is 1. The molecule has 1 heterocycles. The summed E-state index contributed by atoms with van der Waals surface area (Å²) in [6.07, 6.45) is -4.65. The molecule has 1 saturated carbocycles. The Hall–Kier alpha value is -2.91. The number of hydrogen-bond acceptors (Lipinski definition) is 6. The van der Waals surface area contributed by atoms with Gasteiger partial charge in [0.25, 0.3) is 0 Å². The Kier molecular flexibility index (Phi) is 5.25. The fourth-order valence-corrected chi connectivity index (χ4v) is 3.77. The molecule has 0 amide bonds. The van der Waals surface area contributed by atoms with Crippen molar-refractivity contribution in [3.05, 3.63) is 48.0 Å². The predicted molar refractivity (Wildman–Crippen MR) is 105 cm³/mol. The molecule has 3 aromatic rings. The van der Waals surface area contributed by atoms with Crippen LogP contribution in [0.4, 0.5) is 19.0 Å².